The molecule has 4 rings (SSSR count). The second-order valence-corrected chi connectivity index (χ2v) is 8.43. The Balaban J connectivity index is 1.45. The predicted molar refractivity (Wildman–Crippen MR) is 122 cm³/mol. The molecule has 1 amide bonds. The third-order valence-corrected chi connectivity index (χ3v) is 6.25. The smallest absolute Gasteiger partial charge is 0.257 e. The first kappa shape index (κ1) is 21.4. The van der Waals surface area contributed by atoms with Gasteiger partial charge in [0.2, 0.25) is 0 Å². The number of benzene rings is 3. The first-order chi connectivity index (χ1) is 15.0. The molecule has 0 saturated heterocycles. The zero-order valence-electron chi connectivity index (χ0n) is 16.4. The molecule has 1 N–H and O–H groups in total. The van der Waals surface area contributed by atoms with Crippen LogP contribution in [-0.2, 0) is 12.3 Å². The van der Waals surface area contributed by atoms with Gasteiger partial charge in [-0.05, 0) is 35.9 Å². The van der Waals surface area contributed by atoms with Gasteiger partial charge in [0.05, 0.1) is 0 Å². The van der Waals surface area contributed by atoms with Crippen LogP contribution in [0.1, 0.15) is 15.9 Å². The normalized spacial score (nSPS) is 11.1. The number of rotatable bonds is 7. The van der Waals surface area contributed by atoms with Crippen molar-refractivity contribution < 1.29 is 13.6 Å². The van der Waals surface area contributed by atoms with Crippen LogP contribution in [0.25, 0.3) is 10.9 Å². The first-order valence-corrected chi connectivity index (χ1v) is 11.1. The fourth-order valence-corrected chi connectivity index (χ4v) is 4.52. The minimum Gasteiger partial charge on any atom is -0.350 e. The Kier molecular flexibility index (Phi) is 6.59. The molecule has 1 aromatic heterocycles. The van der Waals surface area contributed by atoms with E-state index in [2.05, 4.69) is 11.4 Å². The molecule has 0 fully saturated rings. The molecule has 0 aliphatic rings. The average molecular weight is 457 g/mol. The number of carbonyl (C=O) groups is 1. The summed E-state index contributed by atoms with van der Waals surface area (Å²) < 4.78 is 29.6. The van der Waals surface area contributed by atoms with Gasteiger partial charge in [0, 0.05) is 45.9 Å². The molecule has 3 nitrogen and oxygen atoms in total. The molecule has 7 heteroatoms. The first-order valence-electron chi connectivity index (χ1n) is 9.70. The van der Waals surface area contributed by atoms with Gasteiger partial charge in [0.1, 0.15) is 17.2 Å². The lowest BCUT2D eigenvalue weighted by Gasteiger charge is -2.09. The molecule has 0 radical (unpaired) electrons. The van der Waals surface area contributed by atoms with Crippen LogP contribution in [0, 0.1) is 11.6 Å². The summed E-state index contributed by atoms with van der Waals surface area (Å²) in [5.74, 6) is -1.70. The van der Waals surface area contributed by atoms with E-state index in [1.807, 2.05) is 53.2 Å². The number of carbonyl (C=O) groups excluding carboxylic acids is 1. The maximum Gasteiger partial charge on any atom is 0.257 e. The van der Waals surface area contributed by atoms with Gasteiger partial charge in [-0.1, -0.05) is 48.0 Å². The minimum absolute atomic E-state index is 0.243. The highest BCUT2D eigenvalue weighted by Gasteiger charge is 2.16. The fraction of sp³-hybridized carbons (Fsp3) is 0.125. The Morgan fingerprint density at radius 2 is 1.68 bits per heavy atom. The number of hydrogen-bond donors (Lipinski definition) is 1. The molecular formula is C24H19ClF2N2OS. The zero-order valence-corrected chi connectivity index (χ0v) is 18.0. The lowest BCUT2D eigenvalue weighted by molar-refractivity contribution is 0.0944. The van der Waals surface area contributed by atoms with Crippen molar-refractivity contribution >= 4 is 40.2 Å². The van der Waals surface area contributed by atoms with Crippen LogP contribution in [-0.4, -0.2) is 17.0 Å². The SMILES string of the molecule is O=C(NCCn1cc(SCc2ccc(Cl)cc2)c2ccccc21)c1c(F)cccc1F. The largest absolute Gasteiger partial charge is 0.350 e. The summed E-state index contributed by atoms with van der Waals surface area (Å²) in [6.45, 7) is 0.719. The predicted octanol–water partition coefficient (Wildman–Crippen LogP) is 6.30. The second-order valence-electron chi connectivity index (χ2n) is 6.97. The highest BCUT2D eigenvalue weighted by Crippen LogP contribution is 2.32. The molecular weight excluding hydrogens is 438 g/mol. The van der Waals surface area contributed by atoms with Gasteiger partial charge in [0.15, 0.2) is 0 Å². The van der Waals surface area contributed by atoms with Gasteiger partial charge in [-0.3, -0.25) is 4.79 Å². The topological polar surface area (TPSA) is 34.0 Å². The van der Waals surface area contributed by atoms with Crippen molar-refractivity contribution in [1.29, 1.82) is 0 Å². The van der Waals surface area contributed by atoms with Gasteiger partial charge in [-0.15, -0.1) is 11.8 Å². The van der Waals surface area contributed by atoms with E-state index in [0.29, 0.717) is 11.6 Å². The third kappa shape index (κ3) is 4.92. The summed E-state index contributed by atoms with van der Waals surface area (Å²) in [6, 6.07) is 19.2. The zero-order chi connectivity index (χ0) is 21.8. The summed E-state index contributed by atoms with van der Waals surface area (Å²) in [4.78, 5) is 13.3. The Labute approximate surface area is 188 Å². The van der Waals surface area contributed by atoms with Crippen molar-refractivity contribution in [2.75, 3.05) is 6.54 Å². The van der Waals surface area contributed by atoms with Crippen molar-refractivity contribution in [3.05, 3.63) is 101 Å². The summed E-state index contributed by atoms with van der Waals surface area (Å²) in [7, 11) is 0. The number of aromatic nitrogens is 1. The molecule has 0 spiro atoms. The van der Waals surface area contributed by atoms with E-state index >= 15 is 0 Å². The lowest BCUT2D eigenvalue weighted by Crippen LogP contribution is -2.28. The number of para-hydroxylation sites is 1. The monoisotopic (exact) mass is 456 g/mol. The van der Waals surface area contributed by atoms with E-state index < -0.39 is 23.1 Å². The quantitative estimate of drug-likeness (QED) is 0.331. The lowest BCUT2D eigenvalue weighted by atomic mass is 10.2. The van der Waals surface area contributed by atoms with E-state index in [9.17, 15) is 13.6 Å². The molecule has 0 aliphatic heterocycles. The summed E-state index contributed by atoms with van der Waals surface area (Å²) in [5.41, 5.74) is 1.65. The molecule has 0 aliphatic carbocycles. The maximum atomic E-state index is 13.8. The second kappa shape index (κ2) is 9.54. The van der Waals surface area contributed by atoms with Crippen LogP contribution in [0.4, 0.5) is 8.78 Å². The Hall–Kier alpha value is -2.83. The van der Waals surface area contributed by atoms with Crippen LogP contribution in [0.2, 0.25) is 5.02 Å². The number of hydrogen-bond acceptors (Lipinski definition) is 2. The van der Waals surface area contributed by atoms with Gasteiger partial charge >= 0.3 is 0 Å². The number of fused-ring (bicyclic) bond motifs is 1. The van der Waals surface area contributed by atoms with Crippen molar-refractivity contribution in [2.24, 2.45) is 0 Å². The molecule has 3 aromatic carbocycles. The van der Waals surface area contributed by atoms with Crippen LogP contribution >= 0.6 is 23.4 Å². The van der Waals surface area contributed by atoms with E-state index in [1.165, 1.54) is 11.6 Å². The molecule has 0 bridgehead atoms. The van der Waals surface area contributed by atoms with E-state index in [-0.39, 0.29) is 6.54 Å². The fourth-order valence-electron chi connectivity index (χ4n) is 3.35. The van der Waals surface area contributed by atoms with E-state index in [0.717, 1.165) is 33.7 Å². The molecule has 1 heterocycles. The standard InChI is InChI=1S/C24H19ClF2N2OS/c25-17-10-8-16(9-11-17)15-31-22-14-29(21-7-2-1-4-18(21)22)13-12-28-24(30)23-19(26)5-3-6-20(23)27/h1-11,14H,12-13,15H2,(H,28,30). The van der Waals surface area contributed by atoms with Crippen molar-refractivity contribution in [2.45, 2.75) is 17.2 Å². The molecule has 0 atom stereocenters. The number of amides is 1. The minimum atomic E-state index is -0.871. The molecule has 158 valence electrons. The van der Waals surface area contributed by atoms with Crippen molar-refractivity contribution in [3.63, 3.8) is 0 Å². The summed E-state index contributed by atoms with van der Waals surface area (Å²) in [5, 5.41) is 4.44. The highest BCUT2D eigenvalue weighted by molar-refractivity contribution is 7.98. The Morgan fingerprint density at radius 3 is 2.42 bits per heavy atom. The van der Waals surface area contributed by atoms with Crippen LogP contribution in [0.5, 0.6) is 0 Å². The summed E-state index contributed by atoms with van der Waals surface area (Å²) in [6.07, 6.45) is 2.04. The molecule has 0 saturated carbocycles. The number of nitrogens with zero attached hydrogens (tertiary/aromatic N) is 1. The van der Waals surface area contributed by atoms with Crippen LogP contribution in [0.3, 0.4) is 0 Å². The Morgan fingerprint density at radius 1 is 0.968 bits per heavy atom. The molecule has 4 aromatic rings. The number of halogens is 3. The van der Waals surface area contributed by atoms with E-state index in [4.69, 9.17) is 11.6 Å². The number of thioether (sulfide) groups is 1. The van der Waals surface area contributed by atoms with Gasteiger partial charge in [-0.25, -0.2) is 8.78 Å². The average Bonchev–Trinajstić information content (AvgIpc) is 3.11. The Bertz CT molecular complexity index is 1200. The van der Waals surface area contributed by atoms with Crippen molar-refractivity contribution in [1.82, 2.24) is 9.88 Å². The van der Waals surface area contributed by atoms with Gasteiger partial charge in [0.25, 0.3) is 5.91 Å². The molecule has 31 heavy (non-hydrogen) atoms. The van der Waals surface area contributed by atoms with Gasteiger partial charge in [-0.2, -0.15) is 0 Å². The van der Waals surface area contributed by atoms with Crippen LogP contribution in [0.15, 0.2) is 77.8 Å². The van der Waals surface area contributed by atoms with Crippen molar-refractivity contribution in [3.8, 4) is 0 Å². The van der Waals surface area contributed by atoms with E-state index in [1.54, 1.807) is 11.8 Å². The molecule has 0 unspecified atom stereocenters. The maximum absolute atomic E-state index is 13.8. The summed E-state index contributed by atoms with van der Waals surface area (Å²) >= 11 is 7.68. The van der Waals surface area contributed by atoms with Gasteiger partial charge < -0.3 is 9.88 Å². The van der Waals surface area contributed by atoms with Crippen LogP contribution < -0.4 is 5.32 Å². The number of nitrogens with one attached hydrogen (secondary N) is 1. The third-order valence-electron chi connectivity index (χ3n) is 4.89. The highest BCUT2D eigenvalue weighted by atomic mass is 35.5.